The summed E-state index contributed by atoms with van der Waals surface area (Å²) in [6, 6.07) is 1.75. The van der Waals surface area contributed by atoms with E-state index in [-0.39, 0.29) is 12.5 Å². The first-order valence-corrected chi connectivity index (χ1v) is 6.24. The number of rotatable bonds is 6. The Morgan fingerprint density at radius 2 is 2.25 bits per heavy atom. The molecule has 0 bridgehead atoms. The van der Waals surface area contributed by atoms with Gasteiger partial charge in [-0.1, -0.05) is 0 Å². The predicted octanol–water partition coefficient (Wildman–Crippen LogP) is 1.56. The Kier molecular flexibility index (Phi) is 5.28. The van der Waals surface area contributed by atoms with Crippen molar-refractivity contribution in [1.29, 1.82) is 0 Å². The number of nitrogens with zero attached hydrogens (tertiary/aromatic N) is 1. The maximum absolute atomic E-state index is 11.9. The molecule has 1 amide bonds. The van der Waals surface area contributed by atoms with E-state index in [4.69, 9.17) is 10.8 Å². The van der Waals surface area contributed by atoms with E-state index in [0.717, 1.165) is 19.3 Å². The Balaban J connectivity index is 2.40. The quantitative estimate of drug-likeness (QED) is 0.744. The van der Waals surface area contributed by atoms with Crippen LogP contribution in [0, 0.1) is 0 Å². The van der Waals surface area contributed by atoms with Crippen LogP contribution in [0.15, 0.2) is 11.4 Å². The maximum atomic E-state index is 11.9. The van der Waals surface area contributed by atoms with Gasteiger partial charge in [0.25, 0.3) is 5.91 Å². The summed E-state index contributed by atoms with van der Waals surface area (Å²) in [4.78, 5) is 14.2. The monoisotopic (exact) mass is 242 g/mol. The van der Waals surface area contributed by atoms with Crippen LogP contribution < -0.4 is 5.73 Å². The van der Waals surface area contributed by atoms with Gasteiger partial charge < -0.3 is 15.7 Å². The van der Waals surface area contributed by atoms with Crippen LogP contribution in [0.4, 0.5) is 5.69 Å². The van der Waals surface area contributed by atoms with Crippen molar-refractivity contribution in [1.82, 2.24) is 4.90 Å². The highest BCUT2D eigenvalue weighted by Gasteiger charge is 2.15. The lowest BCUT2D eigenvalue weighted by atomic mass is 10.2. The van der Waals surface area contributed by atoms with Gasteiger partial charge in [-0.2, -0.15) is 0 Å². The molecular formula is C11H18N2O2S. The average Bonchev–Trinajstić information content (AvgIpc) is 2.69. The van der Waals surface area contributed by atoms with Gasteiger partial charge in [0.2, 0.25) is 0 Å². The summed E-state index contributed by atoms with van der Waals surface area (Å²) in [6.45, 7) is 0.922. The molecule has 90 valence electrons. The normalized spacial score (nSPS) is 10.4. The number of unbranched alkanes of at least 4 members (excludes halogenated alkanes) is 2. The van der Waals surface area contributed by atoms with E-state index >= 15 is 0 Å². The van der Waals surface area contributed by atoms with Crippen molar-refractivity contribution in [2.45, 2.75) is 19.3 Å². The lowest BCUT2D eigenvalue weighted by Gasteiger charge is -2.16. The summed E-state index contributed by atoms with van der Waals surface area (Å²) in [7, 11) is 1.78. The van der Waals surface area contributed by atoms with Crippen LogP contribution in [0.25, 0.3) is 0 Å². The summed E-state index contributed by atoms with van der Waals surface area (Å²) in [5, 5.41) is 10.5. The van der Waals surface area contributed by atoms with E-state index in [1.165, 1.54) is 11.3 Å². The fraction of sp³-hybridized carbons (Fsp3) is 0.545. The minimum Gasteiger partial charge on any atom is -0.397 e. The second-order valence-corrected chi connectivity index (χ2v) is 4.63. The highest BCUT2D eigenvalue weighted by Crippen LogP contribution is 2.20. The number of nitrogen functional groups attached to an aromatic ring is 1. The zero-order valence-electron chi connectivity index (χ0n) is 9.48. The molecule has 0 fully saturated rings. The molecule has 0 aromatic carbocycles. The molecule has 0 aliphatic rings. The molecule has 1 aromatic heterocycles. The molecular weight excluding hydrogens is 224 g/mol. The van der Waals surface area contributed by atoms with Gasteiger partial charge in [0, 0.05) is 20.2 Å². The van der Waals surface area contributed by atoms with Crippen molar-refractivity contribution in [2.75, 3.05) is 25.9 Å². The van der Waals surface area contributed by atoms with E-state index in [9.17, 15) is 4.79 Å². The number of nitrogens with two attached hydrogens (primary N) is 1. The van der Waals surface area contributed by atoms with Crippen molar-refractivity contribution in [3.63, 3.8) is 0 Å². The number of hydrogen-bond acceptors (Lipinski definition) is 4. The molecule has 3 N–H and O–H groups in total. The molecule has 0 unspecified atom stereocenters. The first-order chi connectivity index (χ1) is 7.66. The molecule has 1 heterocycles. The van der Waals surface area contributed by atoms with Crippen molar-refractivity contribution in [3.05, 3.63) is 16.3 Å². The smallest absolute Gasteiger partial charge is 0.265 e. The zero-order valence-corrected chi connectivity index (χ0v) is 10.3. The van der Waals surface area contributed by atoms with E-state index in [1.807, 2.05) is 5.38 Å². The van der Waals surface area contributed by atoms with Gasteiger partial charge in [-0.15, -0.1) is 11.3 Å². The second-order valence-electron chi connectivity index (χ2n) is 3.72. The molecule has 0 saturated carbocycles. The first-order valence-electron chi connectivity index (χ1n) is 5.36. The molecule has 0 spiro atoms. The van der Waals surface area contributed by atoms with E-state index in [1.54, 1.807) is 18.0 Å². The highest BCUT2D eigenvalue weighted by atomic mass is 32.1. The number of aliphatic hydroxyl groups excluding tert-OH is 1. The van der Waals surface area contributed by atoms with Gasteiger partial charge in [-0.3, -0.25) is 4.79 Å². The molecule has 1 aromatic rings. The van der Waals surface area contributed by atoms with Crippen LogP contribution in [0.2, 0.25) is 0 Å². The van der Waals surface area contributed by atoms with Gasteiger partial charge in [-0.05, 0) is 30.7 Å². The Labute approximate surface area is 99.7 Å². The zero-order chi connectivity index (χ0) is 12.0. The van der Waals surface area contributed by atoms with Crippen LogP contribution >= 0.6 is 11.3 Å². The summed E-state index contributed by atoms with van der Waals surface area (Å²) in [6.07, 6.45) is 2.64. The van der Waals surface area contributed by atoms with Crippen molar-refractivity contribution < 1.29 is 9.90 Å². The van der Waals surface area contributed by atoms with E-state index in [0.29, 0.717) is 17.1 Å². The largest absolute Gasteiger partial charge is 0.397 e. The van der Waals surface area contributed by atoms with Crippen LogP contribution in [-0.2, 0) is 0 Å². The number of anilines is 1. The molecule has 0 aliphatic heterocycles. The lowest BCUT2D eigenvalue weighted by Crippen LogP contribution is -2.27. The third-order valence-corrected chi connectivity index (χ3v) is 3.31. The number of thiophene rings is 1. The lowest BCUT2D eigenvalue weighted by molar-refractivity contribution is 0.0798. The maximum Gasteiger partial charge on any atom is 0.265 e. The Bertz CT molecular complexity index is 338. The SMILES string of the molecule is CN(CCCCCO)C(=O)c1sccc1N. The fourth-order valence-electron chi connectivity index (χ4n) is 1.41. The van der Waals surface area contributed by atoms with Crippen molar-refractivity contribution >= 4 is 22.9 Å². The summed E-state index contributed by atoms with van der Waals surface area (Å²) < 4.78 is 0. The molecule has 4 nitrogen and oxygen atoms in total. The molecule has 0 saturated heterocycles. The topological polar surface area (TPSA) is 66.6 Å². The molecule has 1 rings (SSSR count). The Morgan fingerprint density at radius 3 is 2.81 bits per heavy atom. The highest BCUT2D eigenvalue weighted by molar-refractivity contribution is 7.12. The average molecular weight is 242 g/mol. The van der Waals surface area contributed by atoms with Crippen molar-refractivity contribution in [3.8, 4) is 0 Å². The number of carbonyl (C=O) groups is 1. The number of carbonyl (C=O) groups excluding carboxylic acids is 1. The van der Waals surface area contributed by atoms with Crippen LogP contribution in [0.3, 0.4) is 0 Å². The van der Waals surface area contributed by atoms with Crippen LogP contribution in [0.5, 0.6) is 0 Å². The van der Waals surface area contributed by atoms with E-state index in [2.05, 4.69) is 0 Å². The van der Waals surface area contributed by atoms with Crippen molar-refractivity contribution in [2.24, 2.45) is 0 Å². The van der Waals surface area contributed by atoms with Gasteiger partial charge in [0.1, 0.15) is 4.88 Å². The number of amides is 1. The fourth-order valence-corrected chi connectivity index (χ4v) is 2.22. The molecule has 16 heavy (non-hydrogen) atoms. The van der Waals surface area contributed by atoms with Gasteiger partial charge in [-0.25, -0.2) is 0 Å². The van der Waals surface area contributed by atoms with Gasteiger partial charge in [0.05, 0.1) is 5.69 Å². The van der Waals surface area contributed by atoms with Crippen LogP contribution in [0.1, 0.15) is 28.9 Å². The molecule has 0 atom stereocenters. The number of hydrogen-bond donors (Lipinski definition) is 2. The summed E-state index contributed by atoms with van der Waals surface area (Å²) in [5.74, 6) is -0.0171. The minimum atomic E-state index is -0.0171. The van der Waals surface area contributed by atoms with Gasteiger partial charge in [0.15, 0.2) is 0 Å². The Morgan fingerprint density at radius 1 is 1.50 bits per heavy atom. The molecule has 5 heteroatoms. The Hall–Kier alpha value is -1.07. The third-order valence-electron chi connectivity index (χ3n) is 2.39. The number of aliphatic hydroxyl groups is 1. The molecule has 0 aliphatic carbocycles. The molecule has 0 radical (unpaired) electrons. The summed E-state index contributed by atoms with van der Waals surface area (Å²) >= 11 is 1.37. The second kappa shape index (κ2) is 6.50. The predicted molar refractivity (Wildman–Crippen MR) is 66.6 cm³/mol. The van der Waals surface area contributed by atoms with Gasteiger partial charge >= 0.3 is 0 Å². The first kappa shape index (κ1) is 13.0. The van der Waals surface area contributed by atoms with E-state index < -0.39 is 0 Å². The summed E-state index contributed by atoms with van der Waals surface area (Å²) in [5.41, 5.74) is 6.24. The third kappa shape index (κ3) is 3.50. The minimum absolute atomic E-state index is 0.0171. The van der Waals surface area contributed by atoms with Crippen LogP contribution in [-0.4, -0.2) is 36.1 Å². The standard InChI is InChI=1S/C11H18N2O2S/c1-13(6-3-2-4-7-14)11(15)10-9(12)5-8-16-10/h5,8,14H,2-4,6-7,12H2,1H3.